The van der Waals surface area contributed by atoms with Gasteiger partial charge < -0.3 is 23.0 Å². The van der Waals surface area contributed by atoms with Gasteiger partial charge in [-0.3, -0.25) is 0 Å². The number of hydrogen-bond acceptors (Lipinski definition) is 2. The van der Waals surface area contributed by atoms with E-state index in [0.717, 1.165) is 19.3 Å². The zero-order valence-electron chi connectivity index (χ0n) is 31.5. The molecule has 45 heavy (non-hydrogen) atoms. The first-order chi connectivity index (χ1) is 21.8. The van der Waals surface area contributed by atoms with Gasteiger partial charge in [0.2, 0.25) is 0 Å². The number of carbonyl (C=O) groups is 1. The van der Waals surface area contributed by atoms with Crippen LogP contribution in [0.25, 0.3) is 0 Å². The zero-order chi connectivity index (χ0) is 33.3. The lowest BCUT2D eigenvalue weighted by Crippen LogP contribution is -2.40. The lowest BCUT2D eigenvalue weighted by molar-refractivity contribution is -0.871. The van der Waals surface area contributed by atoms with Crippen LogP contribution >= 0.6 is 8.58 Å². The van der Waals surface area contributed by atoms with Crippen molar-refractivity contribution < 1.29 is 14.4 Å². The molecule has 0 amide bonds. The van der Waals surface area contributed by atoms with Crippen molar-refractivity contribution in [3.8, 4) is 0 Å². The Hall–Kier alpha value is -0.240. The van der Waals surface area contributed by atoms with Crippen LogP contribution in [0.2, 0.25) is 0 Å². The van der Waals surface area contributed by atoms with Gasteiger partial charge in [0, 0.05) is 0 Å². The Morgan fingerprint density at radius 2 is 0.844 bits per heavy atom. The fourth-order valence-corrected chi connectivity index (χ4v) is 7.73. The molecule has 0 aliphatic heterocycles. The lowest BCUT2D eigenvalue weighted by Gasteiger charge is -2.34. The third kappa shape index (κ3) is 34.9. The average molecular weight is 652 g/mol. The number of aliphatic hydroxyl groups is 1. The summed E-state index contributed by atoms with van der Waals surface area (Å²) in [5.41, 5.74) is 0.287. The summed E-state index contributed by atoms with van der Waals surface area (Å²) >= 11 is 0. The molecule has 2 unspecified atom stereocenters. The van der Waals surface area contributed by atoms with E-state index in [1.54, 1.807) is 0 Å². The number of aliphatic hydroxyl groups excluding tert-OH is 1. The van der Waals surface area contributed by atoms with Crippen LogP contribution in [0.15, 0.2) is 12.2 Å². The van der Waals surface area contributed by atoms with Gasteiger partial charge in [0.15, 0.2) is 0 Å². The molecule has 0 aromatic heterocycles. The molecule has 0 saturated carbocycles. The number of rotatable bonds is 36. The van der Waals surface area contributed by atoms with Crippen LogP contribution in [0.3, 0.4) is 0 Å². The summed E-state index contributed by atoms with van der Waals surface area (Å²) in [7, 11) is 6.88. The number of allylic oxidation sites excluding steroid dienone is 2. The van der Waals surface area contributed by atoms with Crippen molar-refractivity contribution in [2.24, 2.45) is 5.92 Å². The zero-order valence-corrected chi connectivity index (χ0v) is 32.4. The molecule has 0 aromatic carbocycles. The van der Waals surface area contributed by atoms with Crippen LogP contribution in [0.4, 0.5) is 0 Å². The summed E-state index contributed by atoms with van der Waals surface area (Å²) in [4.78, 5) is 13.2. The highest BCUT2D eigenvalue weighted by atomic mass is 31.1. The molecule has 4 heteroatoms. The molecule has 0 rings (SSSR count). The van der Waals surface area contributed by atoms with Gasteiger partial charge in [-0.1, -0.05) is 180 Å². The van der Waals surface area contributed by atoms with E-state index in [1.807, 2.05) is 0 Å². The first kappa shape index (κ1) is 44.8. The van der Waals surface area contributed by atoms with E-state index >= 15 is 0 Å². The van der Waals surface area contributed by atoms with Crippen molar-refractivity contribution in [1.29, 1.82) is 0 Å². The molecule has 0 aliphatic rings. The Morgan fingerprint density at radius 3 is 1.18 bits per heavy atom. The molecule has 0 spiro atoms. The van der Waals surface area contributed by atoms with Crippen LogP contribution in [-0.2, 0) is 4.79 Å². The predicted octanol–water partition coefficient (Wildman–Crippen LogP) is 13.4. The first-order valence-corrected chi connectivity index (χ1v) is 21.1. The van der Waals surface area contributed by atoms with Crippen LogP contribution in [-0.4, -0.2) is 48.6 Å². The molecule has 0 saturated heterocycles. The van der Waals surface area contributed by atoms with Crippen LogP contribution in [0.5, 0.6) is 0 Å². The SMILES string of the molecule is CCCCCCCC/C=C\CCCCCCC(CCCCCCCCCCCCCCCCCC)C(=O)[P-]C(O)C[N+](C)(C)C. The second kappa shape index (κ2) is 33.7. The van der Waals surface area contributed by atoms with E-state index < -0.39 is 5.85 Å². The highest BCUT2D eigenvalue weighted by Crippen LogP contribution is 2.30. The minimum atomic E-state index is -0.547. The average Bonchev–Trinajstić information content (AvgIpc) is 2.98. The fourth-order valence-electron chi connectivity index (χ4n) is 6.40. The second-order valence-electron chi connectivity index (χ2n) is 15.2. The van der Waals surface area contributed by atoms with Gasteiger partial charge in [-0.25, -0.2) is 0 Å². The fraction of sp³-hybridized carbons (Fsp3) is 0.927. The summed E-state index contributed by atoms with van der Waals surface area (Å²) in [6.45, 7) is 5.20. The molecule has 2 atom stereocenters. The monoisotopic (exact) mass is 652 g/mol. The smallest absolute Gasteiger partial charge is 0.0774 e. The highest BCUT2D eigenvalue weighted by molar-refractivity contribution is 7.58. The largest absolute Gasteiger partial charge is 0.427 e. The third-order valence-corrected chi connectivity index (χ3v) is 10.4. The number of hydrogen-bond donors (Lipinski definition) is 1. The summed E-state index contributed by atoms with van der Waals surface area (Å²) in [6.07, 6.45) is 44.5. The molecule has 0 radical (unpaired) electrons. The molecular formula is C41H82NO2P. The summed E-state index contributed by atoms with van der Waals surface area (Å²) in [5, 5.41) is 10.6. The third-order valence-electron chi connectivity index (χ3n) is 9.31. The molecule has 0 heterocycles. The Bertz CT molecular complexity index is 644. The first-order valence-electron chi connectivity index (χ1n) is 20.2. The van der Waals surface area contributed by atoms with Crippen LogP contribution in [0, 0.1) is 5.92 Å². The van der Waals surface area contributed by atoms with Gasteiger partial charge in [-0.2, -0.15) is 0 Å². The normalized spacial score (nSPS) is 13.8. The van der Waals surface area contributed by atoms with E-state index in [2.05, 4.69) is 47.1 Å². The maximum atomic E-state index is 13.2. The second-order valence-corrected chi connectivity index (χ2v) is 16.5. The highest BCUT2D eigenvalue weighted by Gasteiger charge is 2.15. The van der Waals surface area contributed by atoms with E-state index in [0.29, 0.717) is 19.6 Å². The van der Waals surface area contributed by atoms with Gasteiger partial charge in [0.1, 0.15) is 0 Å². The Morgan fingerprint density at radius 1 is 0.533 bits per heavy atom. The maximum absolute atomic E-state index is 13.2. The standard InChI is InChI=1S/C41H82NO2P/c1-6-8-10-12-14-16-18-20-22-23-25-27-29-31-33-35-37-39(41(44)45-40(43)38-42(3,4)5)36-34-32-30-28-26-24-21-19-17-15-13-11-9-7-2/h21,24,39-40,43H,6-20,22-23,25-38H2,1-5H3/b24-21-. The van der Waals surface area contributed by atoms with Crippen molar-refractivity contribution in [1.82, 2.24) is 0 Å². The minimum absolute atomic E-state index is 0.137. The van der Waals surface area contributed by atoms with E-state index in [9.17, 15) is 9.90 Å². The van der Waals surface area contributed by atoms with E-state index in [1.165, 1.54) is 173 Å². The van der Waals surface area contributed by atoms with Crippen molar-refractivity contribution >= 4 is 14.1 Å². The topological polar surface area (TPSA) is 37.3 Å². The molecular weight excluding hydrogens is 569 g/mol. The minimum Gasteiger partial charge on any atom is -0.427 e. The quantitative estimate of drug-likeness (QED) is 0.0317. The van der Waals surface area contributed by atoms with Gasteiger partial charge in [-0.05, 0) is 55.8 Å². The van der Waals surface area contributed by atoms with Gasteiger partial charge in [-0.15, -0.1) is 0 Å². The molecule has 268 valence electrons. The molecule has 0 aliphatic carbocycles. The molecule has 3 nitrogen and oxygen atoms in total. The number of unbranched alkanes of at least 4 members (excludes halogenated alkanes) is 25. The predicted molar refractivity (Wildman–Crippen MR) is 203 cm³/mol. The molecule has 0 aromatic rings. The van der Waals surface area contributed by atoms with Crippen molar-refractivity contribution in [3.05, 3.63) is 12.2 Å². The number of likely N-dealkylation sites (N-methyl/N-ethyl adjacent to an activating group) is 1. The Kier molecular flexibility index (Phi) is 33.5. The summed E-state index contributed by atoms with van der Waals surface area (Å²) in [5.74, 6) is -0.411. The van der Waals surface area contributed by atoms with Crippen LogP contribution in [0.1, 0.15) is 206 Å². The number of nitrogens with zero attached hydrogens (tertiary/aromatic N) is 1. The summed E-state index contributed by atoms with van der Waals surface area (Å²) in [6, 6.07) is 0. The maximum Gasteiger partial charge on any atom is 0.0774 e. The Labute approximate surface area is 285 Å². The molecule has 0 bridgehead atoms. The van der Waals surface area contributed by atoms with Crippen molar-refractivity contribution in [2.75, 3.05) is 27.7 Å². The number of quaternary nitrogens is 1. The lowest BCUT2D eigenvalue weighted by atomic mass is 9.95. The molecule has 0 fully saturated rings. The van der Waals surface area contributed by atoms with Gasteiger partial charge >= 0.3 is 0 Å². The van der Waals surface area contributed by atoms with Crippen molar-refractivity contribution in [3.63, 3.8) is 0 Å². The Balaban J connectivity index is 4.08. The van der Waals surface area contributed by atoms with Gasteiger partial charge in [0.25, 0.3) is 0 Å². The van der Waals surface area contributed by atoms with E-state index in [-0.39, 0.29) is 11.4 Å². The molecule has 1 N–H and O–H groups in total. The number of carbonyl (C=O) groups excluding carboxylic acids is 1. The summed E-state index contributed by atoms with van der Waals surface area (Å²) < 4.78 is 0.693. The van der Waals surface area contributed by atoms with E-state index in [4.69, 9.17) is 0 Å². The van der Waals surface area contributed by atoms with Crippen LogP contribution < -0.4 is 0 Å². The van der Waals surface area contributed by atoms with Gasteiger partial charge in [0.05, 0.1) is 27.7 Å². The van der Waals surface area contributed by atoms with Crippen molar-refractivity contribution in [2.45, 2.75) is 212 Å².